The van der Waals surface area contributed by atoms with Gasteiger partial charge in [-0.2, -0.15) is 7.05 Å². The fourth-order valence-electron chi connectivity index (χ4n) is 1.19. The smallest absolute Gasteiger partial charge is 0.0660 e. The number of hydrogen-bond donors (Lipinski definition) is 1. The summed E-state index contributed by atoms with van der Waals surface area (Å²) in [4.78, 5) is 3.90. The lowest BCUT2D eigenvalue weighted by Gasteiger charge is -2.32. The van der Waals surface area contributed by atoms with E-state index in [1.54, 1.807) is 0 Å². The van der Waals surface area contributed by atoms with Crippen molar-refractivity contribution in [1.29, 1.82) is 0 Å². The summed E-state index contributed by atoms with van der Waals surface area (Å²) < 4.78 is 0. The van der Waals surface area contributed by atoms with Gasteiger partial charge < -0.3 is 4.90 Å². The van der Waals surface area contributed by atoms with Crippen molar-refractivity contribution in [3.63, 3.8) is 0 Å². The summed E-state index contributed by atoms with van der Waals surface area (Å²) in [6.45, 7) is 8.31. The third-order valence-electron chi connectivity index (χ3n) is 2.01. The molecule has 1 fully saturated rings. The van der Waals surface area contributed by atoms with Gasteiger partial charge in [0.25, 0.3) is 0 Å². The summed E-state index contributed by atoms with van der Waals surface area (Å²) >= 11 is 0. The van der Waals surface area contributed by atoms with Gasteiger partial charge in [0.1, 0.15) is 0 Å². The van der Waals surface area contributed by atoms with Crippen molar-refractivity contribution < 1.29 is 4.90 Å². The first kappa shape index (κ1) is 7.03. The largest absolute Gasteiger partial charge is 0.466 e. The van der Waals surface area contributed by atoms with Crippen molar-refractivity contribution >= 4 is 0 Å². The summed E-state index contributed by atoms with van der Waals surface area (Å²) in [5.41, 5.74) is 0. The average molecular weight is 128 g/mol. The Hall–Kier alpha value is -0.0800. The van der Waals surface area contributed by atoms with Crippen molar-refractivity contribution in [2.45, 2.75) is 6.92 Å². The van der Waals surface area contributed by atoms with Crippen LogP contribution in [0.1, 0.15) is 6.92 Å². The van der Waals surface area contributed by atoms with E-state index in [9.17, 15) is 0 Å². The molecule has 0 saturated carbocycles. The Kier molecular flexibility index (Phi) is 2.49. The fraction of sp³-hybridized carbons (Fsp3) is 0.857. The molecule has 0 radical (unpaired) electrons. The van der Waals surface area contributed by atoms with Crippen molar-refractivity contribution in [2.75, 3.05) is 32.7 Å². The van der Waals surface area contributed by atoms with E-state index < -0.39 is 0 Å². The van der Waals surface area contributed by atoms with Gasteiger partial charge in [0, 0.05) is 13.1 Å². The molecule has 1 aliphatic rings. The first-order valence-electron chi connectivity index (χ1n) is 3.72. The van der Waals surface area contributed by atoms with Gasteiger partial charge in [0.05, 0.1) is 13.1 Å². The SMILES string of the molecule is [CH2-][NH+]1CCN(CC)CC1. The molecular formula is C7H16N2. The molecule has 2 heteroatoms. The van der Waals surface area contributed by atoms with Crippen LogP contribution < -0.4 is 4.90 Å². The molecule has 9 heavy (non-hydrogen) atoms. The van der Waals surface area contributed by atoms with Crippen LogP contribution in [0.3, 0.4) is 0 Å². The van der Waals surface area contributed by atoms with E-state index in [4.69, 9.17) is 0 Å². The van der Waals surface area contributed by atoms with E-state index in [-0.39, 0.29) is 0 Å². The van der Waals surface area contributed by atoms with Crippen LogP contribution in [0, 0.1) is 7.05 Å². The lowest BCUT2D eigenvalue weighted by Crippen LogP contribution is -3.10. The maximum Gasteiger partial charge on any atom is 0.0660 e. The number of nitrogens with one attached hydrogen (secondary N) is 1. The minimum Gasteiger partial charge on any atom is -0.466 e. The van der Waals surface area contributed by atoms with Crippen LogP contribution in [-0.2, 0) is 0 Å². The molecular weight excluding hydrogens is 112 g/mol. The van der Waals surface area contributed by atoms with E-state index in [2.05, 4.69) is 18.9 Å². The second kappa shape index (κ2) is 3.18. The van der Waals surface area contributed by atoms with Crippen molar-refractivity contribution in [3.8, 4) is 0 Å². The van der Waals surface area contributed by atoms with Crippen molar-refractivity contribution in [1.82, 2.24) is 4.90 Å². The van der Waals surface area contributed by atoms with Crippen LogP contribution in [0.25, 0.3) is 0 Å². The lowest BCUT2D eigenvalue weighted by atomic mass is 10.3. The zero-order valence-corrected chi connectivity index (χ0v) is 6.19. The van der Waals surface area contributed by atoms with Crippen LogP contribution in [0.2, 0.25) is 0 Å². The van der Waals surface area contributed by atoms with Crippen molar-refractivity contribution in [3.05, 3.63) is 7.05 Å². The molecule has 1 N–H and O–H groups in total. The highest BCUT2D eigenvalue weighted by atomic mass is 15.2. The van der Waals surface area contributed by atoms with E-state index in [0.717, 1.165) is 0 Å². The Morgan fingerprint density at radius 1 is 1.44 bits per heavy atom. The number of rotatable bonds is 1. The minimum absolute atomic E-state index is 1.20. The first-order chi connectivity index (χ1) is 4.33. The standard InChI is InChI=1S/C7H16N2/c1-3-9-6-4-8(2)5-7-9/h8H,2-7H2,1H3. The Bertz CT molecular complexity index is 75.0. The van der Waals surface area contributed by atoms with Gasteiger partial charge in [-0.05, 0) is 6.54 Å². The third kappa shape index (κ3) is 1.95. The summed E-state index contributed by atoms with van der Waals surface area (Å²) in [5.74, 6) is 0. The molecule has 2 nitrogen and oxygen atoms in total. The van der Waals surface area contributed by atoms with Gasteiger partial charge >= 0.3 is 0 Å². The fourth-order valence-corrected chi connectivity index (χ4v) is 1.19. The van der Waals surface area contributed by atoms with E-state index in [0.29, 0.717) is 0 Å². The minimum atomic E-state index is 1.20. The molecule has 0 spiro atoms. The lowest BCUT2D eigenvalue weighted by molar-refractivity contribution is -0.858. The molecule has 54 valence electrons. The molecule has 0 bridgehead atoms. The quantitative estimate of drug-likeness (QED) is 0.445. The van der Waals surface area contributed by atoms with Gasteiger partial charge in [0.2, 0.25) is 0 Å². The van der Waals surface area contributed by atoms with Crippen LogP contribution in [0.4, 0.5) is 0 Å². The van der Waals surface area contributed by atoms with Crippen molar-refractivity contribution in [2.24, 2.45) is 0 Å². The van der Waals surface area contributed by atoms with Crippen LogP contribution >= 0.6 is 0 Å². The highest BCUT2D eigenvalue weighted by Gasteiger charge is 2.10. The number of hydrogen-bond acceptors (Lipinski definition) is 1. The molecule has 0 aromatic heterocycles. The molecule has 1 saturated heterocycles. The zero-order valence-electron chi connectivity index (χ0n) is 6.19. The number of piperazine rings is 1. The predicted octanol–water partition coefficient (Wildman–Crippen LogP) is -1.00. The van der Waals surface area contributed by atoms with Crippen LogP contribution in [0.15, 0.2) is 0 Å². The second-order valence-electron chi connectivity index (χ2n) is 2.68. The summed E-state index contributed by atoms with van der Waals surface area (Å²) in [6, 6.07) is 0. The number of likely N-dealkylation sites (N-methyl/N-ethyl adjacent to an activating group) is 1. The van der Waals surface area contributed by atoms with Crippen LogP contribution in [0.5, 0.6) is 0 Å². The topological polar surface area (TPSA) is 7.68 Å². The van der Waals surface area contributed by atoms with Gasteiger partial charge in [-0.1, -0.05) is 6.92 Å². The Balaban J connectivity index is 2.18. The highest BCUT2D eigenvalue weighted by Crippen LogP contribution is 1.85. The number of quaternary nitrogens is 1. The Labute approximate surface area is 57.4 Å². The molecule has 1 aliphatic heterocycles. The normalized spacial score (nSPS) is 24.7. The predicted molar refractivity (Wildman–Crippen MR) is 38.2 cm³/mol. The van der Waals surface area contributed by atoms with E-state index in [1.807, 2.05) is 0 Å². The maximum absolute atomic E-state index is 3.96. The summed E-state index contributed by atoms with van der Waals surface area (Å²) in [7, 11) is 3.96. The Morgan fingerprint density at radius 2 is 2.00 bits per heavy atom. The average Bonchev–Trinajstić information content (AvgIpc) is 1.90. The van der Waals surface area contributed by atoms with Crippen LogP contribution in [-0.4, -0.2) is 37.6 Å². The molecule has 0 amide bonds. The summed E-state index contributed by atoms with van der Waals surface area (Å²) in [5, 5.41) is 0. The summed E-state index contributed by atoms with van der Waals surface area (Å²) in [6.07, 6.45) is 0. The number of nitrogens with zero attached hydrogens (tertiary/aromatic N) is 1. The third-order valence-corrected chi connectivity index (χ3v) is 2.01. The molecule has 0 aromatic rings. The van der Waals surface area contributed by atoms with Gasteiger partial charge in [-0.3, -0.25) is 4.90 Å². The molecule has 1 rings (SSSR count). The molecule has 0 atom stereocenters. The highest BCUT2D eigenvalue weighted by molar-refractivity contribution is 4.56. The zero-order chi connectivity index (χ0) is 6.69. The second-order valence-corrected chi connectivity index (χ2v) is 2.68. The van der Waals surface area contributed by atoms with E-state index >= 15 is 0 Å². The molecule has 0 aliphatic carbocycles. The Morgan fingerprint density at radius 3 is 2.44 bits per heavy atom. The van der Waals surface area contributed by atoms with E-state index in [1.165, 1.54) is 37.6 Å². The molecule has 0 aromatic carbocycles. The first-order valence-corrected chi connectivity index (χ1v) is 3.72. The van der Waals surface area contributed by atoms with Gasteiger partial charge in [-0.25, -0.2) is 0 Å². The molecule has 1 heterocycles. The molecule has 0 unspecified atom stereocenters. The maximum atomic E-state index is 3.96. The van der Waals surface area contributed by atoms with Gasteiger partial charge in [-0.15, -0.1) is 0 Å². The van der Waals surface area contributed by atoms with Gasteiger partial charge in [0.15, 0.2) is 0 Å². The monoisotopic (exact) mass is 128 g/mol.